The first-order valence-corrected chi connectivity index (χ1v) is 4.11. The molecule has 0 saturated carbocycles. The second kappa shape index (κ2) is 4.00. The maximum Gasteiger partial charge on any atom is 0.335 e. The van der Waals surface area contributed by atoms with Gasteiger partial charge in [0.2, 0.25) is 0 Å². The molecule has 0 radical (unpaired) electrons. The predicted molar refractivity (Wildman–Crippen MR) is 53.9 cm³/mol. The second-order valence-corrected chi connectivity index (χ2v) is 3.17. The molecule has 0 spiro atoms. The van der Waals surface area contributed by atoms with Crippen LogP contribution in [0.4, 0.5) is 0 Å². The molecule has 3 nitrogen and oxygen atoms in total. The van der Waals surface area contributed by atoms with Crippen LogP contribution in [-0.2, 0) is 6.42 Å². The fourth-order valence-corrected chi connectivity index (χ4v) is 1.18. The number of nitrogens with two attached hydrogens (primary N) is 1. The molecular weight excluding hydrogens is 186 g/mol. The van der Waals surface area contributed by atoms with Crippen molar-refractivity contribution in [1.82, 2.24) is 0 Å². The number of carboxylic acids is 1. The number of hydrogen-bond donors (Lipinski definition) is 2. The number of benzene rings is 1. The molecule has 0 bridgehead atoms. The summed E-state index contributed by atoms with van der Waals surface area (Å²) in [6.07, 6.45) is 0.441. The van der Waals surface area contributed by atoms with Crippen LogP contribution in [0.1, 0.15) is 15.9 Å². The topological polar surface area (TPSA) is 63.3 Å². The van der Waals surface area contributed by atoms with E-state index in [2.05, 4.69) is 0 Å². The van der Waals surface area contributed by atoms with Gasteiger partial charge in [-0.3, -0.25) is 0 Å². The molecule has 4 heteroatoms. The summed E-state index contributed by atoms with van der Waals surface area (Å²) in [5.41, 5.74) is 6.42. The third-order valence-corrected chi connectivity index (χ3v) is 1.70. The van der Waals surface area contributed by atoms with E-state index in [0.717, 1.165) is 5.56 Å². The fraction of sp³-hybridized carbons (Fsp3) is 0.111. The first kappa shape index (κ1) is 9.67. The van der Waals surface area contributed by atoms with Gasteiger partial charge in [0.15, 0.2) is 0 Å². The third-order valence-electron chi connectivity index (χ3n) is 1.55. The molecule has 3 N–H and O–H groups in total. The molecule has 1 rings (SSSR count). The van der Waals surface area contributed by atoms with Gasteiger partial charge >= 0.3 is 5.97 Å². The van der Waals surface area contributed by atoms with Crippen molar-refractivity contribution in [3.63, 3.8) is 0 Å². The van der Waals surface area contributed by atoms with Gasteiger partial charge in [0.05, 0.1) is 10.6 Å². The third kappa shape index (κ3) is 2.83. The summed E-state index contributed by atoms with van der Waals surface area (Å²) in [5.74, 6) is -0.940. The maximum atomic E-state index is 10.6. The van der Waals surface area contributed by atoms with E-state index in [4.69, 9.17) is 23.1 Å². The van der Waals surface area contributed by atoms with E-state index in [0.29, 0.717) is 11.4 Å². The van der Waals surface area contributed by atoms with Crippen molar-refractivity contribution in [2.24, 2.45) is 5.73 Å². The van der Waals surface area contributed by atoms with E-state index < -0.39 is 5.97 Å². The highest BCUT2D eigenvalue weighted by molar-refractivity contribution is 7.80. The quantitative estimate of drug-likeness (QED) is 0.712. The van der Waals surface area contributed by atoms with Crippen molar-refractivity contribution in [3.05, 3.63) is 35.4 Å². The van der Waals surface area contributed by atoms with Gasteiger partial charge in [-0.25, -0.2) is 4.79 Å². The van der Waals surface area contributed by atoms with E-state index in [1.807, 2.05) is 0 Å². The Labute approximate surface area is 81.2 Å². The summed E-state index contributed by atoms with van der Waals surface area (Å²) >= 11 is 4.72. The molecule has 1 aromatic rings. The number of aromatic carboxylic acids is 1. The minimum atomic E-state index is -0.940. The Bertz CT molecular complexity index is 349. The van der Waals surface area contributed by atoms with Crippen LogP contribution in [0.5, 0.6) is 0 Å². The Balaban J connectivity index is 2.91. The number of carbonyl (C=O) groups is 1. The summed E-state index contributed by atoms with van der Waals surface area (Å²) in [7, 11) is 0. The van der Waals surface area contributed by atoms with Gasteiger partial charge < -0.3 is 10.8 Å². The number of carboxylic acid groups (broad SMARTS) is 1. The lowest BCUT2D eigenvalue weighted by Crippen LogP contribution is -2.11. The van der Waals surface area contributed by atoms with E-state index in [9.17, 15) is 4.79 Å². The highest BCUT2D eigenvalue weighted by Gasteiger charge is 2.03. The van der Waals surface area contributed by atoms with Crippen molar-refractivity contribution in [1.29, 1.82) is 0 Å². The summed E-state index contributed by atoms with van der Waals surface area (Å²) in [4.78, 5) is 10.9. The molecular formula is C9H9NO2S. The molecule has 68 valence electrons. The van der Waals surface area contributed by atoms with E-state index in [-0.39, 0.29) is 5.56 Å². The zero-order valence-corrected chi connectivity index (χ0v) is 7.67. The fourth-order valence-electron chi connectivity index (χ4n) is 1.02. The van der Waals surface area contributed by atoms with Gasteiger partial charge in [-0.1, -0.05) is 24.4 Å². The molecule has 1 aromatic carbocycles. The molecule has 0 saturated heterocycles. The van der Waals surface area contributed by atoms with Crippen molar-refractivity contribution in [2.75, 3.05) is 0 Å². The molecule has 13 heavy (non-hydrogen) atoms. The van der Waals surface area contributed by atoms with Crippen molar-refractivity contribution in [3.8, 4) is 0 Å². The molecule has 0 unspecified atom stereocenters. The summed E-state index contributed by atoms with van der Waals surface area (Å²) in [5, 5.41) is 8.68. The van der Waals surface area contributed by atoms with Crippen molar-refractivity contribution in [2.45, 2.75) is 6.42 Å². The van der Waals surface area contributed by atoms with Gasteiger partial charge in [0.25, 0.3) is 0 Å². The van der Waals surface area contributed by atoms with Crippen LogP contribution < -0.4 is 5.73 Å². The van der Waals surface area contributed by atoms with E-state index in [1.54, 1.807) is 18.2 Å². The predicted octanol–water partition coefficient (Wildman–Crippen LogP) is 1.21. The number of thiocarbonyl (C=S) groups is 1. The minimum Gasteiger partial charge on any atom is -0.478 e. The Morgan fingerprint density at radius 2 is 2.23 bits per heavy atom. The normalized spacial score (nSPS) is 9.54. The average molecular weight is 195 g/mol. The lowest BCUT2D eigenvalue weighted by Gasteiger charge is -2.00. The maximum absolute atomic E-state index is 10.6. The molecule has 0 amide bonds. The summed E-state index contributed by atoms with van der Waals surface area (Å²) in [6, 6.07) is 6.58. The molecule has 0 aliphatic heterocycles. The second-order valence-electron chi connectivity index (χ2n) is 2.65. The molecule has 0 heterocycles. The van der Waals surface area contributed by atoms with Crippen LogP contribution in [0.15, 0.2) is 24.3 Å². The molecule has 0 fully saturated rings. The lowest BCUT2D eigenvalue weighted by atomic mass is 10.1. The Morgan fingerprint density at radius 3 is 2.77 bits per heavy atom. The highest BCUT2D eigenvalue weighted by Crippen LogP contribution is 2.05. The average Bonchev–Trinajstić information content (AvgIpc) is 2.03. The largest absolute Gasteiger partial charge is 0.478 e. The number of hydrogen-bond acceptors (Lipinski definition) is 2. The van der Waals surface area contributed by atoms with E-state index in [1.165, 1.54) is 6.07 Å². The standard InChI is InChI=1S/C9H9NO2S/c10-8(13)5-6-2-1-3-7(4-6)9(11)12/h1-4H,5H2,(H2,10,13)(H,11,12). The smallest absolute Gasteiger partial charge is 0.335 e. The van der Waals surface area contributed by atoms with Gasteiger partial charge in [-0.15, -0.1) is 0 Å². The summed E-state index contributed by atoms with van der Waals surface area (Å²) < 4.78 is 0. The van der Waals surface area contributed by atoms with Crippen LogP contribution in [0.2, 0.25) is 0 Å². The van der Waals surface area contributed by atoms with E-state index >= 15 is 0 Å². The molecule has 0 aromatic heterocycles. The van der Waals surface area contributed by atoms with Crippen LogP contribution in [-0.4, -0.2) is 16.1 Å². The first-order valence-electron chi connectivity index (χ1n) is 3.70. The van der Waals surface area contributed by atoms with Crippen LogP contribution >= 0.6 is 12.2 Å². The van der Waals surface area contributed by atoms with Gasteiger partial charge in [0.1, 0.15) is 0 Å². The van der Waals surface area contributed by atoms with Crippen LogP contribution in [0.3, 0.4) is 0 Å². The zero-order chi connectivity index (χ0) is 9.84. The SMILES string of the molecule is NC(=S)Cc1cccc(C(=O)O)c1. The molecule has 0 atom stereocenters. The van der Waals surface area contributed by atoms with Gasteiger partial charge in [-0.2, -0.15) is 0 Å². The van der Waals surface area contributed by atoms with Gasteiger partial charge in [-0.05, 0) is 17.7 Å². The Kier molecular flexibility index (Phi) is 2.97. The molecule has 0 aliphatic carbocycles. The van der Waals surface area contributed by atoms with Crippen LogP contribution in [0, 0.1) is 0 Å². The zero-order valence-electron chi connectivity index (χ0n) is 6.86. The highest BCUT2D eigenvalue weighted by atomic mass is 32.1. The minimum absolute atomic E-state index is 0.258. The summed E-state index contributed by atoms with van der Waals surface area (Å²) in [6.45, 7) is 0. The van der Waals surface area contributed by atoms with Crippen molar-refractivity contribution >= 4 is 23.2 Å². The van der Waals surface area contributed by atoms with Crippen LogP contribution in [0.25, 0.3) is 0 Å². The lowest BCUT2D eigenvalue weighted by molar-refractivity contribution is 0.0697. The van der Waals surface area contributed by atoms with Gasteiger partial charge in [0, 0.05) is 6.42 Å². The van der Waals surface area contributed by atoms with Crippen molar-refractivity contribution < 1.29 is 9.90 Å². The Morgan fingerprint density at radius 1 is 1.54 bits per heavy atom. The number of rotatable bonds is 3. The molecule has 0 aliphatic rings. The monoisotopic (exact) mass is 195 g/mol. The Hall–Kier alpha value is -1.42. The first-order chi connectivity index (χ1) is 6.09.